The zero-order valence-electron chi connectivity index (χ0n) is 14.3. The maximum atomic E-state index is 12.0. The highest BCUT2D eigenvalue weighted by Crippen LogP contribution is 2.34. The summed E-state index contributed by atoms with van der Waals surface area (Å²) in [6.07, 6.45) is 0. The number of carbonyl (C=O) groups excluding carboxylic acids is 2. The molecule has 0 bridgehead atoms. The number of ether oxygens (including phenoxy) is 3. The number of rotatable bonds is 6. The standard InChI is InChI=1S/C19H19NO5S/c1-23-19(22)14-4-2-13(3-5-14)11-20-18(21)12-26-15-6-7-16-17(10-15)25-9-8-24-16/h2-7,10H,8-9,11-12H2,1H3,(H,20,21). The van der Waals surface area contributed by atoms with Gasteiger partial charge in [0.15, 0.2) is 11.5 Å². The first kappa shape index (κ1) is 18.1. The molecule has 0 radical (unpaired) electrons. The molecule has 26 heavy (non-hydrogen) atoms. The van der Waals surface area contributed by atoms with Crippen molar-refractivity contribution in [2.45, 2.75) is 11.4 Å². The lowest BCUT2D eigenvalue weighted by Gasteiger charge is -2.18. The Kier molecular flexibility index (Phi) is 6.01. The van der Waals surface area contributed by atoms with Crippen LogP contribution in [0.5, 0.6) is 11.5 Å². The second kappa shape index (κ2) is 8.62. The number of fused-ring (bicyclic) bond motifs is 1. The van der Waals surface area contributed by atoms with Gasteiger partial charge in [-0.05, 0) is 35.9 Å². The predicted molar refractivity (Wildman–Crippen MR) is 97.8 cm³/mol. The van der Waals surface area contributed by atoms with Gasteiger partial charge < -0.3 is 19.5 Å². The Labute approximate surface area is 155 Å². The fraction of sp³-hybridized carbons (Fsp3) is 0.263. The van der Waals surface area contributed by atoms with Crippen molar-refractivity contribution in [2.75, 3.05) is 26.1 Å². The zero-order valence-corrected chi connectivity index (χ0v) is 15.1. The number of amides is 1. The number of hydrogen-bond acceptors (Lipinski definition) is 6. The largest absolute Gasteiger partial charge is 0.486 e. The molecule has 6 nitrogen and oxygen atoms in total. The third-order valence-corrected chi connectivity index (χ3v) is 4.74. The molecule has 0 aliphatic carbocycles. The Hall–Kier alpha value is -2.67. The van der Waals surface area contributed by atoms with Crippen molar-refractivity contribution in [2.24, 2.45) is 0 Å². The molecular weight excluding hydrogens is 354 g/mol. The zero-order chi connectivity index (χ0) is 18.4. The Balaban J connectivity index is 1.46. The fourth-order valence-electron chi connectivity index (χ4n) is 2.39. The van der Waals surface area contributed by atoms with Gasteiger partial charge in [0.1, 0.15) is 13.2 Å². The van der Waals surface area contributed by atoms with E-state index >= 15 is 0 Å². The van der Waals surface area contributed by atoms with Gasteiger partial charge in [0.05, 0.1) is 18.4 Å². The van der Waals surface area contributed by atoms with Gasteiger partial charge in [0.2, 0.25) is 5.91 Å². The topological polar surface area (TPSA) is 73.9 Å². The Morgan fingerprint density at radius 2 is 1.81 bits per heavy atom. The van der Waals surface area contributed by atoms with Gasteiger partial charge in [-0.3, -0.25) is 4.79 Å². The summed E-state index contributed by atoms with van der Waals surface area (Å²) in [5, 5.41) is 2.86. The van der Waals surface area contributed by atoms with Crippen LogP contribution in [-0.2, 0) is 16.1 Å². The van der Waals surface area contributed by atoms with Crippen molar-refractivity contribution >= 4 is 23.6 Å². The lowest BCUT2D eigenvalue weighted by atomic mass is 10.1. The van der Waals surface area contributed by atoms with Crippen LogP contribution in [0.1, 0.15) is 15.9 Å². The number of nitrogens with one attached hydrogen (secondary N) is 1. The molecule has 3 rings (SSSR count). The van der Waals surface area contributed by atoms with Gasteiger partial charge in [-0.1, -0.05) is 12.1 Å². The molecule has 0 saturated carbocycles. The number of thioether (sulfide) groups is 1. The first-order chi connectivity index (χ1) is 12.7. The summed E-state index contributed by atoms with van der Waals surface area (Å²) >= 11 is 1.44. The molecule has 7 heteroatoms. The van der Waals surface area contributed by atoms with Crippen LogP contribution < -0.4 is 14.8 Å². The summed E-state index contributed by atoms with van der Waals surface area (Å²) in [4.78, 5) is 24.4. The lowest BCUT2D eigenvalue weighted by Crippen LogP contribution is -2.24. The molecule has 2 aromatic rings. The number of methoxy groups -OCH3 is 1. The number of esters is 1. The molecule has 1 amide bonds. The average Bonchev–Trinajstić information content (AvgIpc) is 2.70. The van der Waals surface area contributed by atoms with E-state index in [-0.39, 0.29) is 11.9 Å². The van der Waals surface area contributed by atoms with Gasteiger partial charge in [-0.25, -0.2) is 4.79 Å². The van der Waals surface area contributed by atoms with Crippen molar-refractivity contribution in [3.63, 3.8) is 0 Å². The Morgan fingerprint density at radius 3 is 2.54 bits per heavy atom. The summed E-state index contributed by atoms with van der Waals surface area (Å²) in [6, 6.07) is 12.6. The van der Waals surface area contributed by atoms with Crippen LogP contribution in [-0.4, -0.2) is 38.0 Å². The van der Waals surface area contributed by atoms with Crippen molar-refractivity contribution in [1.82, 2.24) is 5.32 Å². The lowest BCUT2D eigenvalue weighted by molar-refractivity contribution is -0.118. The van der Waals surface area contributed by atoms with E-state index in [0.717, 1.165) is 16.2 Å². The summed E-state index contributed by atoms with van der Waals surface area (Å²) in [5.74, 6) is 1.31. The van der Waals surface area contributed by atoms with E-state index in [4.69, 9.17) is 9.47 Å². The maximum absolute atomic E-state index is 12.0. The molecular formula is C19H19NO5S. The van der Waals surface area contributed by atoms with Crippen LogP contribution in [0.4, 0.5) is 0 Å². The van der Waals surface area contributed by atoms with E-state index in [1.165, 1.54) is 18.9 Å². The molecule has 0 atom stereocenters. The molecule has 0 aromatic heterocycles. The van der Waals surface area contributed by atoms with Gasteiger partial charge >= 0.3 is 5.97 Å². The first-order valence-corrected chi connectivity index (χ1v) is 9.10. The predicted octanol–water partition coefficient (Wildman–Crippen LogP) is 2.65. The van der Waals surface area contributed by atoms with Crippen LogP contribution in [0, 0.1) is 0 Å². The van der Waals surface area contributed by atoms with Gasteiger partial charge in [-0.15, -0.1) is 11.8 Å². The highest BCUT2D eigenvalue weighted by atomic mass is 32.2. The molecule has 1 heterocycles. The molecule has 0 fully saturated rings. The monoisotopic (exact) mass is 373 g/mol. The number of carbonyl (C=O) groups is 2. The fourth-order valence-corrected chi connectivity index (χ4v) is 3.15. The third kappa shape index (κ3) is 4.70. The van der Waals surface area contributed by atoms with E-state index in [1.807, 2.05) is 18.2 Å². The van der Waals surface area contributed by atoms with Crippen LogP contribution in [0.25, 0.3) is 0 Å². The van der Waals surface area contributed by atoms with Crippen LogP contribution in [0.15, 0.2) is 47.4 Å². The van der Waals surface area contributed by atoms with E-state index in [0.29, 0.717) is 36.8 Å². The Morgan fingerprint density at radius 1 is 1.08 bits per heavy atom. The minimum Gasteiger partial charge on any atom is -0.486 e. The molecule has 0 saturated heterocycles. The van der Waals surface area contributed by atoms with Crippen molar-refractivity contribution in [3.8, 4) is 11.5 Å². The Bertz CT molecular complexity index is 791. The normalized spacial score (nSPS) is 12.3. The van der Waals surface area contributed by atoms with E-state index in [9.17, 15) is 9.59 Å². The van der Waals surface area contributed by atoms with E-state index in [2.05, 4.69) is 10.1 Å². The summed E-state index contributed by atoms with van der Waals surface area (Å²) in [5.41, 5.74) is 1.40. The second-order valence-electron chi connectivity index (χ2n) is 5.56. The minimum absolute atomic E-state index is 0.0677. The van der Waals surface area contributed by atoms with Crippen molar-refractivity contribution in [3.05, 3.63) is 53.6 Å². The third-order valence-electron chi connectivity index (χ3n) is 3.75. The number of benzene rings is 2. The van der Waals surface area contributed by atoms with Crippen molar-refractivity contribution < 1.29 is 23.8 Å². The summed E-state index contributed by atoms with van der Waals surface area (Å²) < 4.78 is 15.7. The smallest absolute Gasteiger partial charge is 0.337 e. The molecule has 0 spiro atoms. The highest BCUT2D eigenvalue weighted by Gasteiger charge is 2.12. The van der Waals surface area contributed by atoms with Crippen LogP contribution in [0.3, 0.4) is 0 Å². The minimum atomic E-state index is -0.378. The molecule has 1 N–H and O–H groups in total. The SMILES string of the molecule is COC(=O)c1ccc(CNC(=O)CSc2ccc3c(c2)OCCO3)cc1. The van der Waals surface area contributed by atoms with E-state index in [1.54, 1.807) is 24.3 Å². The molecule has 136 valence electrons. The quantitative estimate of drug-likeness (QED) is 0.620. The van der Waals surface area contributed by atoms with Crippen LogP contribution >= 0.6 is 11.8 Å². The summed E-state index contributed by atoms with van der Waals surface area (Å²) in [7, 11) is 1.34. The van der Waals surface area contributed by atoms with Crippen molar-refractivity contribution in [1.29, 1.82) is 0 Å². The van der Waals surface area contributed by atoms with Crippen LogP contribution in [0.2, 0.25) is 0 Å². The number of hydrogen-bond donors (Lipinski definition) is 1. The average molecular weight is 373 g/mol. The highest BCUT2D eigenvalue weighted by molar-refractivity contribution is 8.00. The molecule has 2 aromatic carbocycles. The maximum Gasteiger partial charge on any atom is 0.337 e. The first-order valence-electron chi connectivity index (χ1n) is 8.12. The molecule has 1 aliphatic rings. The van der Waals surface area contributed by atoms with Gasteiger partial charge in [0, 0.05) is 11.4 Å². The van der Waals surface area contributed by atoms with E-state index < -0.39 is 0 Å². The second-order valence-corrected chi connectivity index (χ2v) is 6.61. The van der Waals surface area contributed by atoms with Gasteiger partial charge in [0.25, 0.3) is 0 Å². The molecule has 1 aliphatic heterocycles. The van der Waals surface area contributed by atoms with Gasteiger partial charge in [-0.2, -0.15) is 0 Å². The summed E-state index contributed by atoms with van der Waals surface area (Å²) in [6.45, 7) is 1.50. The molecule has 0 unspecified atom stereocenters.